The summed E-state index contributed by atoms with van der Waals surface area (Å²) < 4.78 is 0. The van der Waals surface area contributed by atoms with E-state index in [1.165, 1.54) is 94.7 Å². The third-order valence-corrected chi connectivity index (χ3v) is 13.5. The lowest BCUT2D eigenvalue weighted by atomic mass is 9.81. The van der Waals surface area contributed by atoms with Gasteiger partial charge in [0.15, 0.2) is 0 Å². The van der Waals surface area contributed by atoms with Gasteiger partial charge in [-0.3, -0.25) is 0 Å². The van der Waals surface area contributed by atoms with Gasteiger partial charge in [0.1, 0.15) is 0 Å². The summed E-state index contributed by atoms with van der Waals surface area (Å²) in [6, 6.07) is 78.6. The van der Waals surface area contributed by atoms with Crippen LogP contribution in [0.1, 0.15) is 49.9 Å². The molecule has 0 fully saturated rings. The Morgan fingerprint density at radius 3 is 1.48 bits per heavy atom. The van der Waals surface area contributed by atoms with Gasteiger partial charge in [-0.25, -0.2) is 0 Å². The lowest BCUT2D eigenvalue weighted by molar-refractivity contribution is 0.660. The van der Waals surface area contributed by atoms with E-state index in [1.54, 1.807) is 0 Å². The smallest absolute Gasteiger partial charge is 0.0546 e. The SMILES string of the molecule is CC1(C)c2ccccc2-c2cc(-c3cccc(N(c4cccc(-c5ccccc5)c4-c4ccccc4-c4ccccc4)c4cccc5c4C(C)(C)c4ccccc4-5)c3)ccc21. The number of hydrogen-bond acceptors (Lipinski definition) is 1. The topological polar surface area (TPSA) is 3.24 Å². The third kappa shape index (κ3) is 5.83. The highest BCUT2D eigenvalue weighted by Crippen LogP contribution is 2.56. The fourth-order valence-electron chi connectivity index (χ4n) is 10.6. The van der Waals surface area contributed by atoms with Gasteiger partial charge in [0.05, 0.1) is 11.4 Å². The predicted molar refractivity (Wildman–Crippen MR) is 258 cm³/mol. The minimum Gasteiger partial charge on any atom is -0.309 e. The highest BCUT2D eigenvalue weighted by Gasteiger charge is 2.39. The number of nitrogens with zero attached hydrogens (tertiary/aromatic N) is 1. The normalized spacial score (nSPS) is 13.8. The van der Waals surface area contributed by atoms with Crippen LogP contribution in [0, 0.1) is 0 Å². The van der Waals surface area contributed by atoms with Crippen molar-refractivity contribution in [3.63, 3.8) is 0 Å². The van der Waals surface area contributed by atoms with Gasteiger partial charge in [-0.15, -0.1) is 0 Å². The predicted octanol–water partition coefficient (Wildman–Crippen LogP) is 16.4. The maximum atomic E-state index is 2.56. The molecule has 292 valence electrons. The molecule has 0 spiro atoms. The van der Waals surface area contributed by atoms with Gasteiger partial charge in [-0.2, -0.15) is 0 Å². The molecule has 0 aromatic heterocycles. The average molecular weight is 782 g/mol. The van der Waals surface area contributed by atoms with Gasteiger partial charge < -0.3 is 4.90 Å². The lowest BCUT2D eigenvalue weighted by Gasteiger charge is -2.34. The van der Waals surface area contributed by atoms with Crippen molar-refractivity contribution in [2.75, 3.05) is 4.90 Å². The van der Waals surface area contributed by atoms with Crippen LogP contribution >= 0.6 is 0 Å². The fourth-order valence-corrected chi connectivity index (χ4v) is 10.6. The molecule has 0 aliphatic heterocycles. The van der Waals surface area contributed by atoms with Gasteiger partial charge in [0.2, 0.25) is 0 Å². The number of hydrogen-bond donors (Lipinski definition) is 0. The first-order chi connectivity index (χ1) is 29.8. The zero-order valence-electron chi connectivity index (χ0n) is 35.2. The Bertz CT molecular complexity index is 3130. The molecular weight excluding hydrogens is 735 g/mol. The van der Waals surface area contributed by atoms with Crippen LogP contribution in [0.3, 0.4) is 0 Å². The molecule has 0 heterocycles. The van der Waals surface area contributed by atoms with Crippen molar-refractivity contribution in [3.05, 3.63) is 235 Å². The maximum absolute atomic E-state index is 2.56. The van der Waals surface area contributed by atoms with E-state index in [2.05, 4.69) is 245 Å². The molecule has 1 heteroatoms. The van der Waals surface area contributed by atoms with E-state index in [1.807, 2.05) is 0 Å². The largest absolute Gasteiger partial charge is 0.309 e. The van der Waals surface area contributed by atoms with Crippen LogP contribution < -0.4 is 4.90 Å². The summed E-state index contributed by atoms with van der Waals surface area (Å²) in [7, 11) is 0. The molecule has 0 saturated carbocycles. The minimum atomic E-state index is -0.238. The lowest BCUT2D eigenvalue weighted by Crippen LogP contribution is -2.21. The zero-order valence-corrected chi connectivity index (χ0v) is 35.2. The maximum Gasteiger partial charge on any atom is 0.0546 e. The molecule has 2 aliphatic carbocycles. The van der Waals surface area contributed by atoms with Crippen molar-refractivity contribution in [3.8, 4) is 66.8 Å². The van der Waals surface area contributed by atoms with Crippen molar-refractivity contribution < 1.29 is 0 Å². The van der Waals surface area contributed by atoms with E-state index in [9.17, 15) is 0 Å². The van der Waals surface area contributed by atoms with Crippen LogP contribution in [-0.2, 0) is 10.8 Å². The molecule has 1 nitrogen and oxygen atoms in total. The molecule has 0 saturated heterocycles. The van der Waals surface area contributed by atoms with Gasteiger partial charge in [0.25, 0.3) is 0 Å². The van der Waals surface area contributed by atoms with Gasteiger partial charge in [-0.05, 0) is 114 Å². The molecule has 0 amide bonds. The molecular formula is C60H47N. The molecule has 0 atom stereocenters. The summed E-state index contributed by atoms with van der Waals surface area (Å²) in [4.78, 5) is 2.56. The summed E-state index contributed by atoms with van der Waals surface area (Å²) in [6.07, 6.45) is 0. The average Bonchev–Trinajstić information content (AvgIpc) is 3.69. The van der Waals surface area contributed by atoms with Crippen LogP contribution in [0.2, 0.25) is 0 Å². The first-order valence-electron chi connectivity index (χ1n) is 21.5. The Morgan fingerprint density at radius 1 is 0.295 bits per heavy atom. The van der Waals surface area contributed by atoms with Crippen LogP contribution in [0.5, 0.6) is 0 Å². The third-order valence-electron chi connectivity index (χ3n) is 13.5. The number of benzene rings is 9. The quantitative estimate of drug-likeness (QED) is 0.156. The van der Waals surface area contributed by atoms with Gasteiger partial charge in [0, 0.05) is 22.1 Å². The summed E-state index contributed by atoms with van der Waals surface area (Å²) in [5, 5.41) is 0. The fraction of sp³-hybridized carbons (Fsp3) is 0.100. The Kier molecular flexibility index (Phi) is 8.58. The Morgan fingerprint density at radius 2 is 0.770 bits per heavy atom. The van der Waals surface area contributed by atoms with E-state index in [-0.39, 0.29) is 10.8 Å². The molecule has 0 N–H and O–H groups in total. The van der Waals surface area contributed by atoms with E-state index in [0.29, 0.717) is 0 Å². The summed E-state index contributed by atoms with van der Waals surface area (Å²) >= 11 is 0. The Balaban J connectivity index is 1.19. The zero-order chi connectivity index (χ0) is 41.3. The molecule has 0 unspecified atom stereocenters. The second-order valence-corrected chi connectivity index (χ2v) is 17.7. The molecule has 9 aromatic rings. The highest BCUT2D eigenvalue weighted by atomic mass is 15.1. The first-order valence-corrected chi connectivity index (χ1v) is 21.5. The van der Waals surface area contributed by atoms with Gasteiger partial charge >= 0.3 is 0 Å². The standard InChI is InChI=1S/C60H47N/c1-59(2)52-32-15-14-28-48(52)51-39-43(36-37-54(51)59)42-24-17-25-44(38-42)61(56-35-19-31-50-47-27-13-16-33-53(47)60(3,4)58(50)56)55-34-18-30-46(41-22-9-6-10-23-41)57(55)49-29-12-11-26-45(49)40-20-7-5-8-21-40/h5-39H,1-4H3. The van der Waals surface area contributed by atoms with E-state index in [0.717, 1.165) is 11.4 Å². The van der Waals surface area contributed by atoms with Crippen molar-refractivity contribution in [1.82, 2.24) is 0 Å². The molecule has 11 rings (SSSR count). The van der Waals surface area contributed by atoms with Crippen LogP contribution in [0.15, 0.2) is 212 Å². The van der Waals surface area contributed by atoms with E-state index >= 15 is 0 Å². The molecule has 0 bridgehead atoms. The molecule has 9 aromatic carbocycles. The summed E-state index contributed by atoms with van der Waals surface area (Å²) in [5.41, 5.74) is 23.5. The second-order valence-electron chi connectivity index (χ2n) is 17.7. The Labute approximate surface area is 360 Å². The van der Waals surface area contributed by atoms with Gasteiger partial charge in [-0.1, -0.05) is 210 Å². The highest BCUT2D eigenvalue weighted by molar-refractivity contribution is 6.02. The van der Waals surface area contributed by atoms with Crippen molar-refractivity contribution >= 4 is 17.1 Å². The summed E-state index contributed by atoms with van der Waals surface area (Å²) in [5.74, 6) is 0. The van der Waals surface area contributed by atoms with Crippen LogP contribution in [-0.4, -0.2) is 0 Å². The monoisotopic (exact) mass is 781 g/mol. The first kappa shape index (κ1) is 36.8. The number of fused-ring (bicyclic) bond motifs is 6. The Hall–Kier alpha value is -7.22. The van der Waals surface area contributed by atoms with E-state index in [4.69, 9.17) is 0 Å². The van der Waals surface area contributed by atoms with Crippen molar-refractivity contribution in [1.29, 1.82) is 0 Å². The van der Waals surface area contributed by atoms with Crippen LogP contribution in [0.4, 0.5) is 17.1 Å². The van der Waals surface area contributed by atoms with E-state index < -0.39 is 0 Å². The molecule has 2 aliphatic rings. The van der Waals surface area contributed by atoms with Crippen molar-refractivity contribution in [2.45, 2.75) is 38.5 Å². The molecule has 0 radical (unpaired) electrons. The second kappa shape index (κ2) is 14.2. The summed E-state index contributed by atoms with van der Waals surface area (Å²) in [6.45, 7) is 9.49. The molecule has 61 heavy (non-hydrogen) atoms. The van der Waals surface area contributed by atoms with Crippen molar-refractivity contribution in [2.24, 2.45) is 0 Å². The number of rotatable bonds is 7. The minimum absolute atomic E-state index is 0.0443. The number of anilines is 3. The van der Waals surface area contributed by atoms with Crippen LogP contribution in [0.25, 0.3) is 66.8 Å².